The van der Waals surface area contributed by atoms with Crippen LogP contribution in [0.15, 0.2) is 12.7 Å². The summed E-state index contributed by atoms with van der Waals surface area (Å²) < 4.78 is 0. The van der Waals surface area contributed by atoms with Crippen LogP contribution in [0.25, 0.3) is 0 Å². The monoisotopic (exact) mass is 176 g/mol. The van der Waals surface area contributed by atoms with Gasteiger partial charge in [-0.2, -0.15) is 23.5 Å². The van der Waals surface area contributed by atoms with E-state index in [9.17, 15) is 0 Å². The molecule has 60 valence electrons. The normalized spacial score (nSPS) is 9.70. The first kappa shape index (κ1) is 10.4. The van der Waals surface area contributed by atoms with Crippen molar-refractivity contribution in [2.75, 3.05) is 23.5 Å². The van der Waals surface area contributed by atoms with Gasteiger partial charge in [-0.15, -0.1) is 6.58 Å². The van der Waals surface area contributed by atoms with Crippen LogP contribution >= 0.6 is 23.5 Å². The van der Waals surface area contributed by atoms with Crippen LogP contribution in [0.3, 0.4) is 0 Å². The van der Waals surface area contributed by atoms with Gasteiger partial charge in [0.25, 0.3) is 0 Å². The van der Waals surface area contributed by atoms with Crippen LogP contribution in [0.4, 0.5) is 0 Å². The third kappa shape index (κ3) is 8.44. The molecule has 0 saturated heterocycles. The third-order valence-corrected chi connectivity index (χ3v) is 2.90. The highest BCUT2D eigenvalue weighted by atomic mass is 32.2. The molecule has 10 heavy (non-hydrogen) atoms. The quantitative estimate of drug-likeness (QED) is 0.432. The van der Waals surface area contributed by atoms with Gasteiger partial charge in [0.05, 0.1) is 0 Å². The first-order valence-corrected chi connectivity index (χ1v) is 6.14. The molecule has 0 nitrogen and oxygen atoms in total. The largest absolute Gasteiger partial charge is 0.165 e. The summed E-state index contributed by atoms with van der Waals surface area (Å²) in [5.41, 5.74) is 0. The van der Waals surface area contributed by atoms with Gasteiger partial charge in [-0.3, -0.25) is 0 Å². The van der Waals surface area contributed by atoms with E-state index >= 15 is 0 Å². The van der Waals surface area contributed by atoms with Crippen molar-refractivity contribution in [2.24, 2.45) is 0 Å². The molecule has 0 rings (SSSR count). The molecule has 0 bridgehead atoms. The van der Waals surface area contributed by atoms with Gasteiger partial charge < -0.3 is 0 Å². The summed E-state index contributed by atoms with van der Waals surface area (Å²) in [6.45, 7) is 3.68. The Kier molecular flexibility index (Phi) is 9.86. The summed E-state index contributed by atoms with van der Waals surface area (Å²) in [4.78, 5) is 0. The lowest BCUT2D eigenvalue weighted by Gasteiger charge is -1.96. The van der Waals surface area contributed by atoms with Crippen molar-refractivity contribution < 1.29 is 0 Å². The van der Waals surface area contributed by atoms with Crippen molar-refractivity contribution in [2.45, 2.75) is 12.8 Å². The Balaban J connectivity index is 2.70. The van der Waals surface area contributed by atoms with Gasteiger partial charge in [0, 0.05) is 0 Å². The van der Waals surface area contributed by atoms with E-state index in [0.717, 1.165) is 6.42 Å². The predicted octanol–water partition coefficient (Wildman–Crippen LogP) is 3.05. The zero-order valence-corrected chi connectivity index (χ0v) is 8.27. The molecule has 0 aromatic heterocycles. The van der Waals surface area contributed by atoms with E-state index in [2.05, 4.69) is 12.8 Å². The number of hydrogen-bond acceptors (Lipinski definition) is 2. The highest BCUT2D eigenvalue weighted by Gasteiger charge is 1.86. The molecule has 0 fully saturated rings. The van der Waals surface area contributed by atoms with Gasteiger partial charge in [0.15, 0.2) is 0 Å². The molecule has 0 aromatic rings. The van der Waals surface area contributed by atoms with Gasteiger partial charge in [0.1, 0.15) is 0 Å². The van der Waals surface area contributed by atoms with E-state index < -0.39 is 0 Å². The Morgan fingerprint density at radius 2 is 2.10 bits per heavy atom. The number of hydrogen-bond donors (Lipinski definition) is 0. The third-order valence-electron chi connectivity index (χ3n) is 1.10. The second-order valence-corrected chi connectivity index (χ2v) is 4.25. The molecule has 0 aromatic carbocycles. The fourth-order valence-corrected chi connectivity index (χ4v) is 2.08. The minimum Gasteiger partial charge on any atom is -0.165 e. The van der Waals surface area contributed by atoms with Crippen molar-refractivity contribution >= 4 is 23.5 Å². The summed E-state index contributed by atoms with van der Waals surface area (Å²) in [5, 5.41) is 0. The average Bonchev–Trinajstić information content (AvgIpc) is 1.97. The van der Waals surface area contributed by atoms with Crippen LogP contribution in [0.2, 0.25) is 0 Å². The Hall–Kier alpha value is 0.440. The van der Waals surface area contributed by atoms with Gasteiger partial charge >= 0.3 is 0 Å². The zero-order valence-electron chi connectivity index (χ0n) is 6.64. The lowest BCUT2D eigenvalue weighted by Crippen LogP contribution is -1.84. The van der Waals surface area contributed by atoms with Crippen molar-refractivity contribution in [3.63, 3.8) is 0 Å². The molecule has 0 aliphatic carbocycles. The molecule has 0 atom stereocenters. The zero-order chi connectivity index (χ0) is 7.66. The molecular formula is C8H16S2. The molecule has 0 aliphatic rings. The van der Waals surface area contributed by atoms with Crippen LogP contribution in [-0.2, 0) is 0 Å². The molecule has 0 radical (unpaired) electrons. The molecular weight excluding hydrogens is 160 g/mol. The van der Waals surface area contributed by atoms with E-state index in [0.29, 0.717) is 0 Å². The molecule has 0 N–H and O–H groups in total. The first-order valence-electron chi connectivity index (χ1n) is 3.59. The van der Waals surface area contributed by atoms with Crippen LogP contribution in [0.1, 0.15) is 12.8 Å². The summed E-state index contributed by atoms with van der Waals surface area (Å²) in [6.07, 6.45) is 6.66. The minimum atomic E-state index is 1.16. The summed E-state index contributed by atoms with van der Waals surface area (Å²) >= 11 is 3.97. The van der Waals surface area contributed by atoms with E-state index in [4.69, 9.17) is 0 Å². The maximum absolute atomic E-state index is 3.68. The SMILES string of the molecule is C=CCCSCCCSC. The molecule has 0 aliphatic heterocycles. The van der Waals surface area contributed by atoms with E-state index in [1.54, 1.807) is 0 Å². The molecule has 0 heterocycles. The average molecular weight is 176 g/mol. The van der Waals surface area contributed by atoms with Crippen LogP contribution in [0, 0.1) is 0 Å². The van der Waals surface area contributed by atoms with E-state index in [1.807, 2.05) is 29.6 Å². The van der Waals surface area contributed by atoms with Gasteiger partial charge in [0.2, 0.25) is 0 Å². The summed E-state index contributed by atoms with van der Waals surface area (Å²) in [5.74, 6) is 3.87. The molecule has 0 saturated carbocycles. The lowest BCUT2D eigenvalue weighted by atomic mass is 10.5. The van der Waals surface area contributed by atoms with E-state index in [-0.39, 0.29) is 0 Å². The first-order chi connectivity index (χ1) is 4.91. The topological polar surface area (TPSA) is 0 Å². The second-order valence-electron chi connectivity index (χ2n) is 2.04. The lowest BCUT2D eigenvalue weighted by molar-refractivity contribution is 1.12. The van der Waals surface area contributed by atoms with Gasteiger partial charge in [-0.25, -0.2) is 0 Å². The molecule has 2 heteroatoms. The standard InChI is InChI=1S/C8H16S2/c1-3-4-7-10-8-5-6-9-2/h3H,1,4-8H2,2H3. The predicted molar refractivity (Wildman–Crippen MR) is 55.1 cm³/mol. The Labute approximate surface area is 72.9 Å². The van der Waals surface area contributed by atoms with Gasteiger partial charge in [-0.1, -0.05) is 6.08 Å². The number of thioether (sulfide) groups is 2. The highest BCUT2D eigenvalue weighted by Crippen LogP contribution is 2.06. The molecule has 0 amide bonds. The van der Waals surface area contributed by atoms with Crippen molar-refractivity contribution in [3.05, 3.63) is 12.7 Å². The Bertz CT molecular complexity index is 71.7. The van der Waals surface area contributed by atoms with Crippen molar-refractivity contribution in [1.82, 2.24) is 0 Å². The number of rotatable bonds is 7. The van der Waals surface area contributed by atoms with E-state index in [1.165, 1.54) is 23.7 Å². The maximum Gasteiger partial charge on any atom is -0.00330 e. The van der Waals surface area contributed by atoms with Crippen LogP contribution in [-0.4, -0.2) is 23.5 Å². The molecule has 0 spiro atoms. The highest BCUT2D eigenvalue weighted by molar-refractivity contribution is 7.99. The Morgan fingerprint density at radius 3 is 2.70 bits per heavy atom. The summed E-state index contributed by atoms with van der Waals surface area (Å²) in [7, 11) is 0. The fraction of sp³-hybridized carbons (Fsp3) is 0.750. The smallest absolute Gasteiger partial charge is 0.00330 e. The minimum absolute atomic E-state index is 1.16. The summed E-state index contributed by atoms with van der Waals surface area (Å²) in [6, 6.07) is 0. The maximum atomic E-state index is 3.68. The van der Waals surface area contributed by atoms with Crippen LogP contribution < -0.4 is 0 Å². The van der Waals surface area contributed by atoms with Crippen LogP contribution in [0.5, 0.6) is 0 Å². The molecule has 0 unspecified atom stereocenters. The number of allylic oxidation sites excluding steroid dienone is 1. The fourth-order valence-electron chi connectivity index (χ4n) is 0.574. The van der Waals surface area contributed by atoms with Crippen molar-refractivity contribution in [1.29, 1.82) is 0 Å². The van der Waals surface area contributed by atoms with Crippen molar-refractivity contribution in [3.8, 4) is 0 Å². The second kappa shape index (κ2) is 9.44. The Morgan fingerprint density at radius 1 is 1.30 bits per heavy atom. The van der Waals surface area contributed by atoms with Gasteiger partial charge in [-0.05, 0) is 36.4 Å².